The molecule has 1 aromatic heterocycles. The van der Waals surface area contributed by atoms with E-state index < -0.39 is 0 Å². The zero-order valence-corrected chi connectivity index (χ0v) is 9.68. The topological polar surface area (TPSA) is 56.0 Å². The Kier molecular flexibility index (Phi) is 5.33. The fourth-order valence-electron chi connectivity index (χ4n) is 1.22. The third-order valence-corrected chi connectivity index (χ3v) is 3.19. The number of nitrogens with one attached hydrogen (secondary N) is 1. The summed E-state index contributed by atoms with van der Waals surface area (Å²) in [5.74, 6) is 0. The molecular formula is C11H16N2OS. The first-order chi connectivity index (χ1) is 7.26. The van der Waals surface area contributed by atoms with Gasteiger partial charge in [-0.05, 0) is 31.5 Å². The molecule has 0 aliphatic heterocycles. The van der Waals surface area contributed by atoms with E-state index in [-0.39, 0.29) is 6.10 Å². The summed E-state index contributed by atoms with van der Waals surface area (Å²) in [6.45, 7) is 3.57. The van der Waals surface area contributed by atoms with Gasteiger partial charge in [0, 0.05) is 11.4 Å². The lowest BCUT2D eigenvalue weighted by Gasteiger charge is -2.07. The molecule has 0 aliphatic carbocycles. The highest BCUT2D eigenvalue weighted by molar-refractivity contribution is 7.12. The minimum absolute atomic E-state index is 0.199. The summed E-state index contributed by atoms with van der Waals surface area (Å²) >= 11 is 1.51. The van der Waals surface area contributed by atoms with Crippen molar-refractivity contribution in [1.82, 2.24) is 5.32 Å². The highest BCUT2D eigenvalue weighted by atomic mass is 32.1. The lowest BCUT2D eigenvalue weighted by molar-refractivity contribution is 0.160. The number of nitriles is 1. The number of thiophene rings is 1. The Bertz CT molecular complexity index is 330. The Morgan fingerprint density at radius 1 is 1.60 bits per heavy atom. The molecule has 1 heterocycles. The SMILES string of the molecule is CCC(O)CCNCc1ccc(C#N)s1. The van der Waals surface area contributed by atoms with E-state index in [2.05, 4.69) is 11.4 Å². The Labute approximate surface area is 94.4 Å². The molecule has 82 valence electrons. The third kappa shape index (κ3) is 4.43. The van der Waals surface area contributed by atoms with Crippen LogP contribution >= 0.6 is 11.3 Å². The monoisotopic (exact) mass is 224 g/mol. The molecule has 0 saturated heterocycles. The Hall–Kier alpha value is -0.890. The Morgan fingerprint density at radius 2 is 2.40 bits per heavy atom. The van der Waals surface area contributed by atoms with Crippen molar-refractivity contribution in [1.29, 1.82) is 5.26 Å². The van der Waals surface area contributed by atoms with Gasteiger partial charge in [0.2, 0.25) is 0 Å². The van der Waals surface area contributed by atoms with Gasteiger partial charge in [-0.3, -0.25) is 0 Å². The zero-order chi connectivity index (χ0) is 11.1. The predicted octanol–water partition coefficient (Wildman–Crippen LogP) is 1.87. The largest absolute Gasteiger partial charge is 0.393 e. The van der Waals surface area contributed by atoms with Crippen LogP contribution < -0.4 is 5.32 Å². The van der Waals surface area contributed by atoms with Crippen molar-refractivity contribution in [2.24, 2.45) is 0 Å². The summed E-state index contributed by atoms with van der Waals surface area (Å²) < 4.78 is 0. The molecule has 0 radical (unpaired) electrons. The highest BCUT2D eigenvalue weighted by Crippen LogP contribution is 2.14. The number of hydrogen-bond acceptors (Lipinski definition) is 4. The quantitative estimate of drug-likeness (QED) is 0.725. The molecule has 15 heavy (non-hydrogen) atoms. The number of hydrogen-bond donors (Lipinski definition) is 2. The van der Waals surface area contributed by atoms with E-state index in [1.54, 1.807) is 0 Å². The Morgan fingerprint density at radius 3 is 3.00 bits per heavy atom. The first kappa shape index (κ1) is 12.2. The van der Waals surface area contributed by atoms with E-state index in [1.807, 2.05) is 19.1 Å². The fourth-order valence-corrected chi connectivity index (χ4v) is 1.99. The molecule has 0 spiro atoms. The van der Waals surface area contributed by atoms with Crippen molar-refractivity contribution in [2.75, 3.05) is 6.54 Å². The predicted molar refractivity (Wildman–Crippen MR) is 61.7 cm³/mol. The minimum Gasteiger partial charge on any atom is -0.393 e. The van der Waals surface area contributed by atoms with Gasteiger partial charge in [0.1, 0.15) is 10.9 Å². The molecule has 0 aromatic carbocycles. The normalized spacial score (nSPS) is 12.3. The van der Waals surface area contributed by atoms with Crippen molar-refractivity contribution in [3.8, 4) is 6.07 Å². The van der Waals surface area contributed by atoms with Crippen LogP contribution in [-0.4, -0.2) is 17.8 Å². The first-order valence-electron chi connectivity index (χ1n) is 5.14. The van der Waals surface area contributed by atoms with Crippen molar-refractivity contribution in [2.45, 2.75) is 32.4 Å². The van der Waals surface area contributed by atoms with Gasteiger partial charge in [-0.1, -0.05) is 6.92 Å². The second kappa shape index (κ2) is 6.57. The van der Waals surface area contributed by atoms with Crippen LogP contribution in [0.2, 0.25) is 0 Å². The van der Waals surface area contributed by atoms with Crippen LogP contribution in [0.5, 0.6) is 0 Å². The van der Waals surface area contributed by atoms with Gasteiger partial charge >= 0.3 is 0 Å². The summed E-state index contributed by atoms with van der Waals surface area (Å²) in [7, 11) is 0. The van der Waals surface area contributed by atoms with Crippen LogP contribution in [-0.2, 0) is 6.54 Å². The molecule has 1 unspecified atom stereocenters. The summed E-state index contributed by atoms with van der Waals surface area (Å²) in [5, 5.41) is 21.2. The number of aliphatic hydroxyl groups excluding tert-OH is 1. The smallest absolute Gasteiger partial charge is 0.110 e. The zero-order valence-electron chi connectivity index (χ0n) is 8.86. The fraction of sp³-hybridized carbons (Fsp3) is 0.545. The van der Waals surface area contributed by atoms with Crippen LogP contribution in [0.1, 0.15) is 29.5 Å². The molecule has 0 fully saturated rings. The van der Waals surface area contributed by atoms with Gasteiger partial charge < -0.3 is 10.4 Å². The van der Waals surface area contributed by atoms with Crippen LogP contribution in [0.15, 0.2) is 12.1 Å². The molecule has 0 saturated carbocycles. The summed E-state index contributed by atoms with van der Waals surface area (Å²) in [4.78, 5) is 1.91. The molecule has 1 atom stereocenters. The molecule has 2 N–H and O–H groups in total. The van der Waals surface area contributed by atoms with Gasteiger partial charge in [-0.15, -0.1) is 11.3 Å². The second-order valence-corrected chi connectivity index (χ2v) is 4.57. The van der Waals surface area contributed by atoms with Gasteiger partial charge in [-0.25, -0.2) is 0 Å². The van der Waals surface area contributed by atoms with Crippen molar-refractivity contribution in [3.05, 3.63) is 21.9 Å². The number of nitrogens with zero attached hydrogens (tertiary/aromatic N) is 1. The maximum atomic E-state index is 9.32. The minimum atomic E-state index is -0.199. The third-order valence-electron chi connectivity index (χ3n) is 2.20. The highest BCUT2D eigenvalue weighted by Gasteiger charge is 2.01. The number of aliphatic hydroxyl groups is 1. The molecule has 1 rings (SSSR count). The van der Waals surface area contributed by atoms with Gasteiger partial charge in [-0.2, -0.15) is 5.26 Å². The average molecular weight is 224 g/mol. The van der Waals surface area contributed by atoms with Gasteiger partial charge in [0.15, 0.2) is 0 Å². The van der Waals surface area contributed by atoms with E-state index in [4.69, 9.17) is 5.26 Å². The molecule has 0 bridgehead atoms. The second-order valence-electron chi connectivity index (χ2n) is 3.41. The van der Waals surface area contributed by atoms with E-state index in [0.29, 0.717) is 0 Å². The summed E-state index contributed by atoms with van der Waals surface area (Å²) in [6.07, 6.45) is 1.39. The summed E-state index contributed by atoms with van der Waals surface area (Å²) in [6, 6.07) is 5.92. The standard InChI is InChI=1S/C11H16N2OS/c1-2-9(14)5-6-13-8-11-4-3-10(7-12)15-11/h3-4,9,13-14H,2,5-6,8H2,1H3. The lowest BCUT2D eigenvalue weighted by Crippen LogP contribution is -2.19. The molecule has 3 nitrogen and oxygen atoms in total. The van der Waals surface area contributed by atoms with Crippen LogP contribution in [0, 0.1) is 11.3 Å². The van der Waals surface area contributed by atoms with Crippen molar-refractivity contribution in [3.63, 3.8) is 0 Å². The van der Waals surface area contributed by atoms with E-state index in [0.717, 1.165) is 35.7 Å². The van der Waals surface area contributed by atoms with Crippen molar-refractivity contribution >= 4 is 11.3 Å². The Balaban J connectivity index is 2.18. The maximum Gasteiger partial charge on any atom is 0.110 e. The number of rotatable bonds is 6. The first-order valence-corrected chi connectivity index (χ1v) is 5.95. The molecule has 0 aliphatic rings. The maximum absolute atomic E-state index is 9.32. The van der Waals surface area contributed by atoms with Crippen LogP contribution in [0.4, 0.5) is 0 Å². The summed E-state index contributed by atoms with van der Waals surface area (Å²) in [5.41, 5.74) is 0. The van der Waals surface area contributed by atoms with E-state index >= 15 is 0 Å². The van der Waals surface area contributed by atoms with Gasteiger partial charge in [0.05, 0.1) is 6.10 Å². The molecule has 1 aromatic rings. The van der Waals surface area contributed by atoms with Crippen molar-refractivity contribution < 1.29 is 5.11 Å². The average Bonchev–Trinajstić information content (AvgIpc) is 2.72. The van der Waals surface area contributed by atoms with E-state index in [9.17, 15) is 5.11 Å². The van der Waals surface area contributed by atoms with Gasteiger partial charge in [0.25, 0.3) is 0 Å². The lowest BCUT2D eigenvalue weighted by atomic mass is 10.2. The van der Waals surface area contributed by atoms with Crippen LogP contribution in [0.3, 0.4) is 0 Å². The molecular weight excluding hydrogens is 208 g/mol. The van der Waals surface area contributed by atoms with E-state index in [1.165, 1.54) is 11.3 Å². The molecule has 4 heteroatoms. The molecule has 0 amide bonds. The van der Waals surface area contributed by atoms with Crippen LogP contribution in [0.25, 0.3) is 0 Å².